The summed E-state index contributed by atoms with van der Waals surface area (Å²) >= 11 is 0. The van der Waals surface area contributed by atoms with E-state index in [-0.39, 0.29) is 24.3 Å². The van der Waals surface area contributed by atoms with Crippen LogP contribution in [-0.4, -0.2) is 61.4 Å². The van der Waals surface area contributed by atoms with Gasteiger partial charge in [-0.1, -0.05) is 29.8 Å². The van der Waals surface area contributed by atoms with Crippen LogP contribution >= 0.6 is 0 Å². The van der Waals surface area contributed by atoms with E-state index in [1.807, 2.05) is 4.90 Å². The summed E-state index contributed by atoms with van der Waals surface area (Å²) in [6.07, 6.45) is 2.88. The van der Waals surface area contributed by atoms with E-state index in [1.165, 1.54) is 24.0 Å². The summed E-state index contributed by atoms with van der Waals surface area (Å²) in [4.78, 5) is 28.7. The Balaban J connectivity index is 1.49. The number of benzene rings is 1. The van der Waals surface area contributed by atoms with E-state index in [0.717, 1.165) is 26.2 Å². The summed E-state index contributed by atoms with van der Waals surface area (Å²) in [5.74, 6) is 0.904. The minimum absolute atomic E-state index is 0.0139. The van der Waals surface area contributed by atoms with E-state index >= 15 is 0 Å². The van der Waals surface area contributed by atoms with Crippen LogP contribution in [-0.2, 0) is 9.59 Å². The van der Waals surface area contributed by atoms with Crippen LogP contribution in [0.4, 0.5) is 0 Å². The first kappa shape index (κ1) is 17.9. The van der Waals surface area contributed by atoms with Gasteiger partial charge in [-0.3, -0.25) is 9.59 Å². The normalized spacial score (nSPS) is 19.5. The standard InChI is InChI=1S/C20H29N3O2/c1-15-3-5-16(6-4-15)18(17-7-8-17)13-19(24)21-14-20(25)23-11-9-22(2)10-12-23/h3-6,17-18H,7-14H2,1-2H3,(H,21,24). The van der Waals surface area contributed by atoms with Gasteiger partial charge in [0.2, 0.25) is 11.8 Å². The minimum Gasteiger partial charge on any atom is -0.347 e. The molecule has 1 saturated heterocycles. The van der Waals surface area contributed by atoms with Crippen LogP contribution in [0.5, 0.6) is 0 Å². The number of hydrogen-bond donors (Lipinski definition) is 1. The largest absolute Gasteiger partial charge is 0.347 e. The molecule has 2 fully saturated rings. The molecule has 2 aliphatic rings. The smallest absolute Gasteiger partial charge is 0.242 e. The molecular weight excluding hydrogens is 314 g/mol. The summed E-state index contributed by atoms with van der Waals surface area (Å²) in [7, 11) is 2.06. The Kier molecular flexibility index (Phi) is 5.74. The van der Waals surface area contributed by atoms with Crippen LogP contribution < -0.4 is 5.32 Å². The average molecular weight is 343 g/mol. The molecule has 5 heteroatoms. The molecular formula is C20H29N3O2. The van der Waals surface area contributed by atoms with Crippen molar-refractivity contribution in [2.75, 3.05) is 39.8 Å². The third kappa shape index (κ3) is 5.05. The third-order valence-corrected chi connectivity index (χ3v) is 5.39. The number of piperazine rings is 1. The molecule has 1 N–H and O–H groups in total. The molecule has 0 spiro atoms. The Morgan fingerprint density at radius 1 is 1.12 bits per heavy atom. The second-order valence-electron chi connectivity index (χ2n) is 7.52. The van der Waals surface area contributed by atoms with Gasteiger partial charge in [-0.05, 0) is 44.2 Å². The lowest BCUT2D eigenvalue weighted by Crippen LogP contribution is -2.50. The van der Waals surface area contributed by atoms with E-state index < -0.39 is 0 Å². The lowest BCUT2D eigenvalue weighted by molar-refractivity contribution is -0.134. The molecule has 25 heavy (non-hydrogen) atoms. The van der Waals surface area contributed by atoms with Gasteiger partial charge < -0.3 is 15.1 Å². The number of nitrogens with one attached hydrogen (secondary N) is 1. The first-order valence-corrected chi connectivity index (χ1v) is 9.32. The van der Waals surface area contributed by atoms with Crippen molar-refractivity contribution in [2.24, 2.45) is 5.92 Å². The number of carbonyl (C=O) groups is 2. The first-order chi connectivity index (χ1) is 12.0. The van der Waals surface area contributed by atoms with Crippen molar-refractivity contribution in [3.8, 4) is 0 Å². The summed E-state index contributed by atoms with van der Waals surface area (Å²) in [6, 6.07) is 8.50. The molecule has 0 radical (unpaired) electrons. The van der Waals surface area contributed by atoms with Gasteiger partial charge in [0.25, 0.3) is 0 Å². The summed E-state index contributed by atoms with van der Waals surface area (Å²) in [6.45, 7) is 5.49. The van der Waals surface area contributed by atoms with Crippen molar-refractivity contribution in [3.63, 3.8) is 0 Å². The maximum Gasteiger partial charge on any atom is 0.242 e. The van der Waals surface area contributed by atoms with Gasteiger partial charge in [-0.15, -0.1) is 0 Å². The Bertz CT molecular complexity index is 602. The van der Waals surface area contributed by atoms with Crippen LogP contribution in [0.15, 0.2) is 24.3 Å². The fourth-order valence-corrected chi connectivity index (χ4v) is 3.48. The summed E-state index contributed by atoms with van der Waals surface area (Å²) < 4.78 is 0. The van der Waals surface area contributed by atoms with E-state index in [4.69, 9.17) is 0 Å². The minimum atomic E-state index is -0.0139. The van der Waals surface area contributed by atoms with E-state index in [1.54, 1.807) is 0 Å². The molecule has 1 unspecified atom stereocenters. The molecule has 2 amide bonds. The molecule has 5 nitrogen and oxygen atoms in total. The van der Waals surface area contributed by atoms with Gasteiger partial charge in [0.05, 0.1) is 6.54 Å². The fraction of sp³-hybridized carbons (Fsp3) is 0.600. The number of carbonyl (C=O) groups excluding carboxylic acids is 2. The van der Waals surface area contributed by atoms with E-state index in [9.17, 15) is 9.59 Å². The zero-order valence-corrected chi connectivity index (χ0v) is 15.3. The highest BCUT2D eigenvalue weighted by atomic mass is 16.2. The molecule has 1 atom stereocenters. The highest BCUT2D eigenvalue weighted by Crippen LogP contribution is 2.44. The highest BCUT2D eigenvalue weighted by Gasteiger charge is 2.33. The van der Waals surface area contributed by atoms with Gasteiger partial charge >= 0.3 is 0 Å². The summed E-state index contributed by atoms with van der Waals surface area (Å²) in [5.41, 5.74) is 2.48. The lowest BCUT2D eigenvalue weighted by Gasteiger charge is -2.32. The topological polar surface area (TPSA) is 52.7 Å². The third-order valence-electron chi connectivity index (χ3n) is 5.39. The SMILES string of the molecule is Cc1ccc(C(CC(=O)NCC(=O)N2CCN(C)CC2)C2CC2)cc1. The van der Waals surface area contributed by atoms with Crippen LogP contribution in [0.2, 0.25) is 0 Å². The van der Waals surface area contributed by atoms with Crippen molar-refractivity contribution in [1.82, 2.24) is 15.1 Å². The van der Waals surface area contributed by atoms with Crippen LogP contribution in [0.1, 0.15) is 36.3 Å². The molecule has 0 bridgehead atoms. The zero-order chi connectivity index (χ0) is 17.8. The molecule has 1 heterocycles. The Morgan fingerprint density at radius 2 is 1.76 bits per heavy atom. The Hall–Kier alpha value is -1.88. The number of likely N-dealkylation sites (N-methyl/N-ethyl adjacent to an activating group) is 1. The lowest BCUT2D eigenvalue weighted by atomic mass is 9.90. The maximum absolute atomic E-state index is 12.4. The molecule has 1 aromatic rings. The molecule has 1 aliphatic carbocycles. The van der Waals surface area contributed by atoms with Crippen LogP contribution in [0, 0.1) is 12.8 Å². The first-order valence-electron chi connectivity index (χ1n) is 9.32. The van der Waals surface area contributed by atoms with Crippen molar-refractivity contribution >= 4 is 11.8 Å². The molecule has 1 aliphatic heterocycles. The average Bonchev–Trinajstić information content (AvgIpc) is 3.44. The van der Waals surface area contributed by atoms with Crippen molar-refractivity contribution < 1.29 is 9.59 Å². The maximum atomic E-state index is 12.4. The van der Waals surface area contributed by atoms with E-state index in [0.29, 0.717) is 12.3 Å². The number of rotatable bonds is 6. The molecule has 136 valence electrons. The van der Waals surface area contributed by atoms with Gasteiger partial charge in [0.1, 0.15) is 0 Å². The van der Waals surface area contributed by atoms with Crippen molar-refractivity contribution in [1.29, 1.82) is 0 Å². The monoisotopic (exact) mass is 343 g/mol. The number of amides is 2. The van der Waals surface area contributed by atoms with Crippen molar-refractivity contribution in [3.05, 3.63) is 35.4 Å². The number of aryl methyl sites for hydroxylation is 1. The van der Waals surface area contributed by atoms with Gasteiger partial charge in [-0.2, -0.15) is 0 Å². The summed E-state index contributed by atoms with van der Waals surface area (Å²) in [5, 5.41) is 2.84. The highest BCUT2D eigenvalue weighted by molar-refractivity contribution is 5.85. The molecule has 1 aromatic carbocycles. The van der Waals surface area contributed by atoms with Gasteiger partial charge in [0.15, 0.2) is 0 Å². The fourth-order valence-electron chi connectivity index (χ4n) is 3.48. The second kappa shape index (κ2) is 8.00. The Labute approximate surface area is 150 Å². The number of hydrogen-bond acceptors (Lipinski definition) is 3. The predicted molar refractivity (Wildman–Crippen MR) is 98.3 cm³/mol. The molecule has 3 rings (SSSR count). The van der Waals surface area contributed by atoms with Crippen LogP contribution in [0.3, 0.4) is 0 Å². The van der Waals surface area contributed by atoms with Gasteiger partial charge in [-0.25, -0.2) is 0 Å². The van der Waals surface area contributed by atoms with Crippen LogP contribution in [0.25, 0.3) is 0 Å². The molecule has 0 aromatic heterocycles. The second-order valence-corrected chi connectivity index (χ2v) is 7.52. The Morgan fingerprint density at radius 3 is 2.36 bits per heavy atom. The van der Waals surface area contributed by atoms with E-state index in [2.05, 4.69) is 48.5 Å². The molecule has 1 saturated carbocycles. The zero-order valence-electron chi connectivity index (χ0n) is 15.3. The number of nitrogens with zero attached hydrogens (tertiary/aromatic N) is 2. The van der Waals surface area contributed by atoms with Crippen molar-refractivity contribution in [2.45, 2.75) is 32.1 Å². The predicted octanol–water partition coefficient (Wildman–Crippen LogP) is 1.77. The van der Waals surface area contributed by atoms with Gasteiger partial charge in [0, 0.05) is 32.6 Å². The quantitative estimate of drug-likeness (QED) is 0.856.